The van der Waals surface area contributed by atoms with Crippen LogP contribution >= 0.6 is 0 Å². The van der Waals surface area contributed by atoms with E-state index in [0.29, 0.717) is 19.6 Å². The molecule has 0 rings (SSSR count). The zero-order chi connectivity index (χ0) is 14.3. The van der Waals surface area contributed by atoms with Gasteiger partial charge >= 0.3 is 5.97 Å². The van der Waals surface area contributed by atoms with E-state index in [-0.39, 0.29) is 12.1 Å². The minimum atomic E-state index is -0.172. The molecule has 0 aromatic heterocycles. The number of esters is 1. The summed E-state index contributed by atoms with van der Waals surface area (Å²) in [7, 11) is 3.03. The Labute approximate surface area is 117 Å². The lowest BCUT2D eigenvalue weighted by molar-refractivity contribution is -0.142. The molecule has 0 aliphatic heterocycles. The molecule has 0 fully saturated rings. The summed E-state index contributed by atoms with van der Waals surface area (Å²) in [5.41, 5.74) is 0. The van der Waals surface area contributed by atoms with E-state index in [4.69, 9.17) is 9.47 Å². The molecule has 4 heteroatoms. The molecule has 0 spiro atoms. The zero-order valence-corrected chi connectivity index (χ0v) is 12.8. The molecule has 0 amide bonds. The number of carbonyl (C=O) groups is 1. The van der Waals surface area contributed by atoms with Gasteiger partial charge in [-0.05, 0) is 12.8 Å². The van der Waals surface area contributed by atoms with E-state index in [0.717, 1.165) is 12.8 Å². The Bertz CT molecular complexity index is 206. The molecular weight excluding hydrogens is 244 g/mol. The van der Waals surface area contributed by atoms with Crippen molar-refractivity contribution in [2.45, 2.75) is 70.8 Å². The molecule has 0 radical (unpaired) electrons. The number of hydrogen-bond acceptors (Lipinski definition) is 4. The third-order valence-corrected chi connectivity index (χ3v) is 3.20. The topological polar surface area (TPSA) is 44.8 Å². The number of ether oxygens (including phenoxy) is 3. The van der Waals surface area contributed by atoms with Crippen LogP contribution < -0.4 is 0 Å². The molecule has 0 bridgehead atoms. The number of carbonyl (C=O) groups excluding carboxylic acids is 1. The second-order valence-electron chi connectivity index (χ2n) is 4.87. The molecule has 19 heavy (non-hydrogen) atoms. The Kier molecular flexibility index (Phi) is 13.4. The summed E-state index contributed by atoms with van der Waals surface area (Å²) in [4.78, 5) is 11.1. The van der Waals surface area contributed by atoms with Gasteiger partial charge in [0.15, 0.2) is 0 Å². The maximum absolute atomic E-state index is 11.1. The average molecular weight is 274 g/mol. The van der Waals surface area contributed by atoms with Crippen molar-refractivity contribution in [3.8, 4) is 0 Å². The lowest BCUT2D eigenvalue weighted by Gasteiger charge is -2.16. The number of rotatable bonds is 13. The molecule has 1 atom stereocenters. The van der Waals surface area contributed by atoms with Crippen molar-refractivity contribution in [1.82, 2.24) is 0 Å². The van der Waals surface area contributed by atoms with Gasteiger partial charge in [0.25, 0.3) is 0 Å². The summed E-state index contributed by atoms with van der Waals surface area (Å²) < 4.78 is 15.2. The third-order valence-electron chi connectivity index (χ3n) is 3.20. The van der Waals surface area contributed by atoms with E-state index in [1.807, 2.05) is 0 Å². The fourth-order valence-electron chi connectivity index (χ4n) is 2.01. The van der Waals surface area contributed by atoms with E-state index >= 15 is 0 Å². The van der Waals surface area contributed by atoms with Crippen molar-refractivity contribution in [2.75, 3.05) is 21.0 Å². The summed E-state index contributed by atoms with van der Waals surface area (Å²) in [6, 6.07) is 0. The van der Waals surface area contributed by atoms with Crippen molar-refractivity contribution in [1.29, 1.82) is 0 Å². The SMILES string of the molecule is CCCCCCCC[C@H](CCC(=O)OC)OCOC. The van der Waals surface area contributed by atoms with Gasteiger partial charge in [0.2, 0.25) is 0 Å². The first-order chi connectivity index (χ1) is 9.24. The first-order valence-corrected chi connectivity index (χ1v) is 7.41. The highest BCUT2D eigenvalue weighted by atomic mass is 16.7. The van der Waals surface area contributed by atoms with Crippen LogP contribution in [0.4, 0.5) is 0 Å². The van der Waals surface area contributed by atoms with Crippen molar-refractivity contribution < 1.29 is 19.0 Å². The van der Waals surface area contributed by atoms with Crippen molar-refractivity contribution in [2.24, 2.45) is 0 Å². The first-order valence-electron chi connectivity index (χ1n) is 7.41. The van der Waals surface area contributed by atoms with Crippen molar-refractivity contribution in [3.05, 3.63) is 0 Å². The molecule has 4 nitrogen and oxygen atoms in total. The van der Waals surface area contributed by atoms with E-state index in [1.54, 1.807) is 7.11 Å². The number of methoxy groups -OCH3 is 2. The molecule has 0 aliphatic carbocycles. The van der Waals surface area contributed by atoms with Gasteiger partial charge in [-0.3, -0.25) is 4.79 Å². The van der Waals surface area contributed by atoms with Crippen LogP contribution in [-0.2, 0) is 19.0 Å². The highest BCUT2D eigenvalue weighted by Gasteiger charge is 2.12. The fraction of sp³-hybridized carbons (Fsp3) is 0.933. The summed E-state index contributed by atoms with van der Waals surface area (Å²) >= 11 is 0. The van der Waals surface area contributed by atoms with Crippen LogP contribution in [0.15, 0.2) is 0 Å². The summed E-state index contributed by atoms with van der Waals surface area (Å²) in [5, 5.41) is 0. The molecule has 0 saturated carbocycles. The van der Waals surface area contributed by atoms with Crippen LogP contribution in [0.1, 0.15) is 64.7 Å². The summed E-state index contributed by atoms with van der Waals surface area (Å²) in [6.07, 6.45) is 9.84. The monoisotopic (exact) mass is 274 g/mol. The van der Waals surface area contributed by atoms with Crippen LogP contribution in [-0.4, -0.2) is 33.1 Å². The van der Waals surface area contributed by atoms with Gasteiger partial charge in [0.1, 0.15) is 6.79 Å². The van der Waals surface area contributed by atoms with Gasteiger partial charge < -0.3 is 14.2 Å². The molecule has 0 heterocycles. The van der Waals surface area contributed by atoms with Crippen molar-refractivity contribution in [3.63, 3.8) is 0 Å². The predicted molar refractivity (Wildman–Crippen MR) is 76.0 cm³/mol. The Morgan fingerprint density at radius 3 is 2.32 bits per heavy atom. The maximum atomic E-state index is 11.1. The quantitative estimate of drug-likeness (QED) is 0.292. The van der Waals surface area contributed by atoms with Crippen molar-refractivity contribution >= 4 is 5.97 Å². The van der Waals surface area contributed by atoms with Crippen LogP contribution in [0, 0.1) is 0 Å². The Hall–Kier alpha value is -0.610. The minimum Gasteiger partial charge on any atom is -0.469 e. The highest BCUT2D eigenvalue weighted by molar-refractivity contribution is 5.69. The molecule has 0 aromatic carbocycles. The molecule has 0 unspecified atom stereocenters. The van der Waals surface area contributed by atoms with E-state index in [1.165, 1.54) is 39.2 Å². The average Bonchev–Trinajstić information content (AvgIpc) is 2.44. The normalized spacial score (nSPS) is 12.4. The van der Waals surface area contributed by atoms with Gasteiger partial charge in [0.05, 0.1) is 13.2 Å². The Balaban J connectivity index is 3.69. The zero-order valence-electron chi connectivity index (χ0n) is 12.8. The molecule has 0 aromatic rings. The molecule has 114 valence electrons. The highest BCUT2D eigenvalue weighted by Crippen LogP contribution is 2.14. The standard InChI is InChI=1S/C15H30O4/c1-4-5-6-7-8-9-10-14(19-13-17-2)11-12-15(16)18-3/h14H,4-13H2,1-3H3/t14-/m1/s1. The first kappa shape index (κ1) is 18.4. The van der Waals surface area contributed by atoms with Crippen LogP contribution in [0.5, 0.6) is 0 Å². The van der Waals surface area contributed by atoms with Crippen LogP contribution in [0.2, 0.25) is 0 Å². The van der Waals surface area contributed by atoms with E-state index in [2.05, 4.69) is 11.7 Å². The van der Waals surface area contributed by atoms with Gasteiger partial charge in [0, 0.05) is 13.5 Å². The smallest absolute Gasteiger partial charge is 0.305 e. The van der Waals surface area contributed by atoms with Gasteiger partial charge in [-0.1, -0.05) is 45.4 Å². The predicted octanol–water partition coefficient (Wildman–Crippen LogP) is 3.68. The Morgan fingerprint density at radius 1 is 1.00 bits per heavy atom. The molecule has 0 saturated heterocycles. The van der Waals surface area contributed by atoms with Gasteiger partial charge in [-0.15, -0.1) is 0 Å². The van der Waals surface area contributed by atoms with Gasteiger partial charge in [-0.2, -0.15) is 0 Å². The second kappa shape index (κ2) is 13.8. The third kappa shape index (κ3) is 12.2. The number of hydrogen-bond donors (Lipinski definition) is 0. The van der Waals surface area contributed by atoms with E-state index < -0.39 is 0 Å². The van der Waals surface area contributed by atoms with Crippen LogP contribution in [0.3, 0.4) is 0 Å². The summed E-state index contributed by atoms with van der Waals surface area (Å²) in [5.74, 6) is -0.172. The largest absolute Gasteiger partial charge is 0.469 e. The second-order valence-corrected chi connectivity index (χ2v) is 4.87. The van der Waals surface area contributed by atoms with E-state index in [9.17, 15) is 4.79 Å². The molecule has 0 N–H and O–H groups in total. The fourth-order valence-corrected chi connectivity index (χ4v) is 2.01. The maximum Gasteiger partial charge on any atom is 0.305 e. The molecule has 0 aliphatic rings. The lowest BCUT2D eigenvalue weighted by Crippen LogP contribution is -2.17. The van der Waals surface area contributed by atoms with Crippen LogP contribution in [0.25, 0.3) is 0 Å². The van der Waals surface area contributed by atoms with Gasteiger partial charge in [-0.25, -0.2) is 0 Å². The lowest BCUT2D eigenvalue weighted by atomic mass is 10.0. The Morgan fingerprint density at radius 2 is 1.68 bits per heavy atom. The molecular formula is C15H30O4. The minimum absolute atomic E-state index is 0.102. The number of unbranched alkanes of at least 4 members (excludes halogenated alkanes) is 5. The summed E-state index contributed by atoms with van der Waals surface area (Å²) in [6.45, 7) is 2.52.